The van der Waals surface area contributed by atoms with Gasteiger partial charge in [0.05, 0.1) is 17.0 Å². The molecule has 5 rings (SSSR count). The second kappa shape index (κ2) is 7.10. The summed E-state index contributed by atoms with van der Waals surface area (Å²) in [6.45, 7) is 0.106. The Balaban J connectivity index is 1.41. The highest BCUT2D eigenvalue weighted by Gasteiger charge is 2.30. The Hall–Kier alpha value is -2.46. The Kier molecular flexibility index (Phi) is 4.54. The number of sulfonamides is 1. The minimum absolute atomic E-state index is 0.0417. The second-order valence-corrected chi connectivity index (χ2v) is 9.58. The van der Waals surface area contributed by atoms with Crippen LogP contribution in [0.2, 0.25) is 0 Å². The van der Waals surface area contributed by atoms with Crippen molar-refractivity contribution in [3.05, 3.63) is 40.5 Å². The normalized spacial score (nSPS) is 18.5. The smallest absolute Gasteiger partial charge is 0.408 e. The van der Waals surface area contributed by atoms with Crippen molar-refractivity contribution in [1.29, 1.82) is 0 Å². The zero-order valence-electron chi connectivity index (χ0n) is 15.8. The van der Waals surface area contributed by atoms with Crippen LogP contribution in [0.5, 0.6) is 0 Å². The molecule has 154 valence electrons. The number of benzene rings is 1. The Labute approximate surface area is 167 Å². The second-order valence-electron chi connectivity index (χ2n) is 7.86. The fraction of sp³-hybridized carbons (Fsp3) is 0.526. The molecular formula is C19H22N4O5S. The highest BCUT2D eigenvalue weighted by molar-refractivity contribution is 7.89. The third kappa shape index (κ3) is 3.74. The van der Waals surface area contributed by atoms with Crippen LogP contribution in [0, 0.1) is 0 Å². The standard InChI is InChI=1S/C19H22N4O5S/c24-19-23(11-17-20-18(28-21-17)12-6-7-12)15-9-8-14(10-16(15)27-19)29(25,26)22-13-4-2-1-3-5-13/h8-10,12-13,22H,1-7,11H2. The first-order valence-corrected chi connectivity index (χ1v) is 11.5. The van der Waals surface area contributed by atoms with Crippen LogP contribution >= 0.6 is 0 Å². The van der Waals surface area contributed by atoms with Crippen LogP contribution < -0.4 is 10.5 Å². The van der Waals surface area contributed by atoms with Crippen LogP contribution in [0.4, 0.5) is 0 Å². The van der Waals surface area contributed by atoms with Gasteiger partial charge in [-0.3, -0.25) is 4.57 Å². The van der Waals surface area contributed by atoms with Crippen molar-refractivity contribution in [2.75, 3.05) is 0 Å². The molecule has 3 aromatic rings. The molecule has 2 heterocycles. The van der Waals surface area contributed by atoms with Gasteiger partial charge in [-0.2, -0.15) is 4.98 Å². The van der Waals surface area contributed by atoms with Crippen LogP contribution in [0.15, 0.2) is 36.8 Å². The SMILES string of the molecule is O=c1oc2cc(S(=O)(=O)NC3CCCCC3)ccc2n1Cc1noc(C2CC2)n1. The summed E-state index contributed by atoms with van der Waals surface area (Å²) in [4.78, 5) is 16.7. The number of nitrogens with zero attached hydrogens (tertiary/aromatic N) is 3. The topological polar surface area (TPSA) is 120 Å². The first-order chi connectivity index (χ1) is 14.0. The fourth-order valence-corrected chi connectivity index (χ4v) is 5.16. The van der Waals surface area contributed by atoms with Gasteiger partial charge in [0, 0.05) is 18.0 Å². The van der Waals surface area contributed by atoms with Gasteiger partial charge in [0.2, 0.25) is 15.9 Å². The van der Waals surface area contributed by atoms with E-state index in [0.717, 1.165) is 44.9 Å². The molecule has 2 saturated carbocycles. The maximum Gasteiger partial charge on any atom is 0.420 e. The molecule has 1 N–H and O–H groups in total. The lowest BCUT2D eigenvalue weighted by Crippen LogP contribution is -2.36. The van der Waals surface area contributed by atoms with Crippen LogP contribution in [-0.2, 0) is 16.6 Å². The van der Waals surface area contributed by atoms with Crippen LogP contribution in [0.25, 0.3) is 11.1 Å². The van der Waals surface area contributed by atoms with Gasteiger partial charge in [-0.15, -0.1) is 0 Å². The first-order valence-electron chi connectivity index (χ1n) is 9.98. The highest BCUT2D eigenvalue weighted by atomic mass is 32.2. The third-order valence-electron chi connectivity index (χ3n) is 5.59. The molecule has 0 aliphatic heterocycles. The largest absolute Gasteiger partial charge is 0.420 e. The monoisotopic (exact) mass is 418 g/mol. The van der Waals surface area contributed by atoms with E-state index in [0.29, 0.717) is 23.1 Å². The predicted octanol–water partition coefficient (Wildman–Crippen LogP) is 2.51. The Morgan fingerprint density at radius 1 is 1.14 bits per heavy atom. The summed E-state index contributed by atoms with van der Waals surface area (Å²) in [5.74, 6) is 0.737. The van der Waals surface area contributed by atoms with E-state index >= 15 is 0 Å². The number of oxazole rings is 1. The minimum Gasteiger partial charge on any atom is -0.408 e. The highest BCUT2D eigenvalue weighted by Crippen LogP contribution is 2.38. The lowest BCUT2D eigenvalue weighted by atomic mass is 9.96. The van der Waals surface area contributed by atoms with Crippen molar-refractivity contribution in [1.82, 2.24) is 19.4 Å². The zero-order valence-corrected chi connectivity index (χ0v) is 16.7. The van der Waals surface area contributed by atoms with Crippen molar-refractivity contribution in [3.8, 4) is 0 Å². The first kappa shape index (κ1) is 18.6. The third-order valence-corrected chi connectivity index (χ3v) is 7.11. The maximum atomic E-state index is 12.7. The molecule has 29 heavy (non-hydrogen) atoms. The molecule has 0 unspecified atom stereocenters. The maximum absolute atomic E-state index is 12.7. The molecule has 2 aliphatic rings. The fourth-order valence-electron chi connectivity index (χ4n) is 3.84. The number of hydrogen-bond acceptors (Lipinski definition) is 7. The van der Waals surface area contributed by atoms with Gasteiger partial charge >= 0.3 is 5.76 Å². The quantitative estimate of drug-likeness (QED) is 0.653. The van der Waals surface area contributed by atoms with E-state index < -0.39 is 15.8 Å². The van der Waals surface area contributed by atoms with Crippen LogP contribution in [0.1, 0.15) is 62.6 Å². The van der Waals surface area contributed by atoms with E-state index in [1.165, 1.54) is 16.7 Å². The van der Waals surface area contributed by atoms with E-state index in [2.05, 4.69) is 14.9 Å². The molecule has 0 saturated heterocycles. The van der Waals surface area contributed by atoms with E-state index in [4.69, 9.17) is 8.94 Å². The summed E-state index contributed by atoms with van der Waals surface area (Å²) in [6, 6.07) is 4.42. The Morgan fingerprint density at radius 2 is 1.93 bits per heavy atom. The molecule has 0 amide bonds. The molecule has 9 nitrogen and oxygen atoms in total. The zero-order chi connectivity index (χ0) is 20.0. The summed E-state index contributed by atoms with van der Waals surface area (Å²) in [5, 5.41) is 3.93. The molecule has 0 radical (unpaired) electrons. The van der Waals surface area contributed by atoms with Crippen LogP contribution in [-0.4, -0.2) is 29.2 Å². The van der Waals surface area contributed by atoms with Gasteiger partial charge in [-0.25, -0.2) is 17.9 Å². The lowest BCUT2D eigenvalue weighted by molar-refractivity contribution is 0.372. The number of fused-ring (bicyclic) bond motifs is 1. The molecule has 2 aromatic heterocycles. The van der Waals surface area contributed by atoms with Gasteiger partial charge in [0.1, 0.15) is 0 Å². The number of nitrogens with one attached hydrogen (secondary N) is 1. The molecule has 0 atom stereocenters. The molecule has 2 aliphatic carbocycles. The van der Waals surface area contributed by atoms with E-state index in [-0.39, 0.29) is 23.1 Å². The average Bonchev–Trinajstić information content (AvgIpc) is 3.37. The van der Waals surface area contributed by atoms with E-state index in [1.807, 2.05) is 0 Å². The summed E-state index contributed by atoms with van der Waals surface area (Å²) in [5.41, 5.74) is 0.705. The van der Waals surface area contributed by atoms with Crippen molar-refractivity contribution in [2.24, 2.45) is 0 Å². The van der Waals surface area contributed by atoms with Gasteiger partial charge in [-0.05, 0) is 37.8 Å². The summed E-state index contributed by atoms with van der Waals surface area (Å²) in [6.07, 6.45) is 6.99. The van der Waals surface area contributed by atoms with Gasteiger partial charge in [0.25, 0.3) is 0 Å². The van der Waals surface area contributed by atoms with Crippen molar-refractivity contribution in [3.63, 3.8) is 0 Å². The van der Waals surface area contributed by atoms with E-state index in [1.54, 1.807) is 6.07 Å². The molecule has 0 spiro atoms. The van der Waals surface area contributed by atoms with Crippen molar-refractivity contribution >= 4 is 21.1 Å². The summed E-state index contributed by atoms with van der Waals surface area (Å²) in [7, 11) is -3.67. The molecule has 0 bridgehead atoms. The van der Waals surface area contributed by atoms with E-state index in [9.17, 15) is 13.2 Å². The van der Waals surface area contributed by atoms with Crippen molar-refractivity contribution in [2.45, 2.75) is 68.3 Å². The average molecular weight is 418 g/mol. The Bertz CT molecular complexity index is 1200. The molecule has 1 aromatic carbocycles. The van der Waals surface area contributed by atoms with Crippen molar-refractivity contribution < 1.29 is 17.4 Å². The summed E-state index contributed by atoms with van der Waals surface area (Å²) < 4.78 is 40.1. The van der Waals surface area contributed by atoms with Gasteiger partial charge < -0.3 is 8.94 Å². The lowest BCUT2D eigenvalue weighted by Gasteiger charge is -2.22. The summed E-state index contributed by atoms with van der Waals surface area (Å²) >= 11 is 0. The number of rotatable bonds is 6. The van der Waals surface area contributed by atoms with Gasteiger partial charge in [0.15, 0.2) is 11.4 Å². The Morgan fingerprint density at radius 3 is 2.69 bits per heavy atom. The number of hydrogen-bond donors (Lipinski definition) is 1. The molecular weight excluding hydrogens is 396 g/mol. The molecule has 10 heteroatoms. The number of aromatic nitrogens is 3. The minimum atomic E-state index is -3.67. The molecule has 2 fully saturated rings. The predicted molar refractivity (Wildman–Crippen MR) is 103 cm³/mol. The van der Waals surface area contributed by atoms with Crippen LogP contribution in [0.3, 0.4) is 0 Å². The van der Waals surface area contributed by atoms with Gasteiger partial charge in [-0.1, -0.05) is 24.4 Å².